The van der Waals surface area contributed by atoms with E-state index in [1.807, 2.05) is 6.08 Å². The molecular formula is C31H45NO2. The Hall–Kier alpha value is -2.10. The van der Waals surface area contributed by atoms with E-state index in [4.69, 9.17) is 10.5 Å². The van der Waals surface area contributed by atoms with E-state index in [9.17, 15) is 5.11 Å². The lowest BCUT2D eigenvalue weighted by atomic mass is 9.70. The highest BCUT2D eigenvalue weighted by molar-refractivity contribution is 5.57. The van der Waals surface area contributed by atoms with Crippen molar-refractivity contribution in [1.29, 1.82) is 0 Å². The van der Waals surface area contributed by atoms with Crippen molar-refractivity contribution < 1.29 is 9.84 Å². The molecule has 1 aliphatic carbocycles. The number of unbranched alkanes of at least 4 members (excludes halogenated alkanes) is 2. The molecule has 0 heterocycles. The Morgan fingerprint density at radius 3 is 2.18 bits per heavy atom. The van der Waals surface area contributed by atoms with Crippen molar-refractivity contribution >= 4 is 6.08 Å². The fourth-order valence-electron chi connectivity index (χ4n) is 5.51. The molecule has 0 bridgehead atoms. The number of ether oxygens (including phenoxy) is 1. The molecule has 0 radical (unpaired) electrons. The summed E-state index contributed by atoms with van der Waals surface area (Å²) in [5.74, 6) is 0.985. The van der Waals surface area contributed by atoms with Crippen LogP contribution in [0.1, 0.15) is 99.5 Å². The number of nitrogens with two attached hydrogens (primary N) is 1. The number of aliphatic hydroxyl groups is 1. The minimum atomic E-state index is -0.618. The smallest absolute Gasteiger partial charge is 0.122 e. The van der Waals surface area contributed by atoms with E-state index < -0.39 is 5.60 Å². The summed E-state index contributed by atoms with van der Waals surface area (Å²) in [5.41, 5.74) is 11.3. The zero-order chi connectivity index (χ0) is 24.6. The van der Waals surface area contributed by atoms with Crippen LogP contribution in [-0.2, 0) is 5.41 Å². The zero-order valence-electron chi connectivity index (χ0n) is 21.8. The molecule has 0 unspecified atom stereocenters. The van der Waals surface area contributed by atoms with Crippen LogP contribution in [0.3, 0.4) is 0 Å². The highest BCUT2D eigenvalue weighted by Gasteiger charge is 2.32. The van der Waals surface area contributed by atoms with Crippen molar-refractivity contribution in [2.75, 3.05) is 13.2 Å². The Labute approximate surface area is 207 Å². The minimum absolute atomic E-state index is 0.0267. The maximum absolute atomic E-state index is 10.7. The van der Waals surface area contributed by atoms with Gasteiger partial charge in [-0.2, -0.15) is 0 Å². The van der Waals surface area contributed by atoms with E-state index in [0.29, 0.717) is 0 Å². The van der Waals surface area contributed by atoms with Gasteiger partial charge < -0.3 is 15.6 Å². The molecule has 3 rings (SSSR count). The first-order valence-electron chi connectivity index (χ1n) is 13.3. The molecule has 3 N–H and O–H groups in total. The largest absolute Gasteiger partial charge is 0.493 e. The average molecular weight is 464 g/mol. The normalized spacial score (nSPS) is 15.8. The van der Waals surface area contributed by atoms with E-state index in [1.54, 1.807) is 0 Å². The SMILES string of the molecule is CCC(CC)(c1ccc(C=CC2(O)CCCC2)c(C)c1)c1ccc(OCCCCCN)c(C)c1. The predicted octanol–water partition coefficient (Wildman–Crippen LogP) is 7.24. The quantitative estimate of drug-likeness (QED) is 0.326. The molecule has 2 aromatic carbocycles. The summed E-state index contributed by atoms with van der Waals surface area (Å²) < 4.78 is 6.07. The Bertz CT molecular complexity index is 952. The molecule has 0 spiro atoms. The third kappa shape index (κ3) is 6.12. The van der Waals surface area contributed by atoms with E-state index in [1.165, 1.54) is 27.8 Å². The Morgan fingerprint density at radius 2 is 1.59 bits per heavy atom. The van der Waals surface area contributed by atoms with Gasteiger partial charge in [0.25, 0.3) is 0 Å². The number of hydrogen-bond acceptors (Lipinski definition) is 3. The van der Waals surface area contributed by atoms with Gasteiger partial charge in [-0.1, -0.05) is 69.2 Å². The topological polar surface area (TPSA) is 55.5 Å². The molecule has 1 fully saturated rings. The maximum Gasteiger partial charge on any atom is 0.122 e. The summed E-state index contributed by atoms with van der Waals surface area (Å²) in [7, 11) is 0. The summed E-state index contributed by atoms with van der Waals surface area (Å²) in [4.78, 5) is 0. The number of benzene rings is 2. The molecule has 1 saturated carbocycles. The van der Waals surface area contributed by atoms with Crippen molar-refractivity contribution in [2.45, 2.75) is 96.5 Å². The Kier molecular flexibility index (Phi) is 9.39. The highest BCUT2D eigenvalue weighted by Crippen LogP contribution is 2.41. The van der Waals surface area contributed by atoms with Crippen molar-refractivity contribution in [3.8, 4) is 5.75 Å². The molecule has 186 valence electrons. The molecule has 0 aliphatic heterocycles. The van der Waals surface area contributed by atoms with Crippen LogP contribution in [0.15, 0.2) is 42.5 Å². The van der Waals surface area contributed by atoms with E-state index in [-0.39, 0.29) is 5.41 Å². The van der Waals surface area contributed by atoms with Gasteiger partial charge in [0.15, 0.2) is 0 Å². The lowest BCUT2D eigenvalue weighted by Crippen LogP contribution is -2.26. The van der Waals surface area contributed by atoms with Crippen molar-refractivity contribution in [3.63, 3.8) is 0 Å². The summed E-state index contributed by atoms with van der Waals surface area (Å²) in [5, 5.41) is 10.7. The van der Waals surface area contributed by atoms with Gasteiger partial charge in [-0.3, -0.25) is 0 Å². The standard InChI is InChI=1S/C31H45NO2/c1-5-31(6-2,28-14-15-29(25(4)23-28)34-21-11-7-10-20-32)27-13-12-26(24(3)22-27)16-19-30(33)17-8-9-18-30/h12-16,19,22-23,33H,5-11,17-18,20-21,32H2,1-4H3. The number of hydrogen-bond donors (Lipinski definition) is 2. The lowest BCUT2D eigenvalue weighted by molar-refractivity contribution is 0.100. The van der Waals surface area contributed by atoms with Gasteiger partial charge in [-0.15, -0.1) is 0 Å². The van der Waals surface area contributed by atoms with Crippen molar-refractivity contribution in [1.82, 2.24) is 0 Å². The minimum Gasteiger partial charge on any atom is -0.493 e. The van der Waals surface area contributed by atoms with Gasteiger partial charge in [0.05, 0.1) is 12.2 Å². The van der Waals surface area contributed by atoms with E-state index in [2.05, 4.69) is 70.2 Å². The second-order valence-corrected chi connectivity index (χ2v) is 10.2. The van der Waals surface area contributed by atoms with E-state index in [0.717, 1.165) is 76.7 Å². The summed E-state index contributed by atoms with van der Waals surface area (Å²) >= 11 is 0. The fraction of sp³-hybridized carbons (Fsp3) is 0.548. The van der Waals surface area contributed by atoms with Crippen LogP contribution in [0.25, 0.3) is 6.08 Å². The molecule has 0 atom stereocenters. The first-order valence-corrected chi connectivity index (χ1v) is 13.3. The van der Waals surface area contributed by atoms with Crippen LogP contribution >= 0.6 is 0 Å². The highest BCUT2D eigenvalue weighted by atomic mass is 16.5. The van der Waals surface area contributed by atoms with E-state index >= 15 is 0 Å². The van der Waals surface area contributed by atoms with Crippen LogP contribution < -0.4 is 10.5 Å². The third-order valence-electron chi connectivity index (χ3n) is 7.91. The summed E-state index contributed by atoms with van der Waals surface area (Å²) in [6.07, 6.45) is 13.4. The summed E-state index contributed by atoms with van der Waals surface area (Å²) in [6, 6.07) is 13.6. The van der Waals surface area contributed by atoms with Gasteiger partial charge in [0.2, 0.25) is 0 Å². The van der Waals surface area contributed by atoms with Crippen LogP contribution in [0.4, 0.5) is 0 Å². The van der Waals surface area contributed by atoms with Crippen molar-refractivity contribution in [2.24, 2.45) is 5.73 Å². The molecule has 2 aromatic rings. The molecule has 0 amide bonds. The van der Waals surface area contributed by atoms with Crippen LogP contribution in [0.5, 0.6) is 5.75 Å². The molecule has 3 nitrogen and oxygen atoms in total. The Morgan fingerprint density at radius 1 is 0.941 bits per heavy atom. The molecule has 0 saturated heterocycles. The second-order valence-electron chi connectivity index (χ2n) is 10.2. The van der Waals surface area contributed by atoms with Gasteiger partial charge in [-0.05, 0) is 99.2 Å². The first kappa shape index (κ1) is 26.5. The van der Waals surface area contributed by atoms with Gasteiger partial charge in [0.1, 0.15) is 5.75 Å². The average Bonchev–Trinajstić information content (AvgIpc) is 3.27. The van der Waals surface area contributed by atoms with Crippen molar-refractivity contribution in [3.05, 3.63) is 70.3 Å². The van der Waals surface area contributed by atoms with Gasteiger partial charge in [0, 0.05) is 5.41 Å². The van der Waals surface area contributed by atoms with Crippen LogP contribution in [0, 0.1) is 13.8 Å². The fourth-order valence-corrected chi connectivity index (χ4v) is 5.51. The third-order valence-corrected chi connectivity index (χ3v) is 7.91. The molecule has 34 heavy (non-hydrogen) atoms. The Balaban J connectivity index is 1.82. The number of aryl methyl sites for hydroxylation is 2. The number of rotatable bonds is 12. The van der Waals surface area contributed by atoms with Crippen LogP contribution in [0.2, 0.25) is 0 Å². The molecule has 0 aromatic heterocycles. The molecule has 3 heteroatoms. The molecule has 1 aliphatic rings. The first-order chi connectivity index (χ1) is 16.4. The maximum atomic E-state index is 10.7. The second kappa shape index (κ2) is 12.0. The van der Waals surface area contributed by atoms with Gasteiger partial charge in [-0.25, -0.2) is 0 Å². The van der Waals surface area contributed by atoms with Crippen LogP contribution in [-0.4, -0.2) is 23.9 Å². The summed E-state index contributed by atoms with van der Waals surface area (Å²) in [6.45, 7) is 10.4. The predicted molar refractivity (Wildman–Crippen MR) is 145 cm³/mol. The van der Waals surface area contributed by atoms with Gasteiger partial charge >= 0.3 is 0 Å². The molecular weight excluding hydrogens is 418 g/mol. The zero-order valence-corrected chi connectivity index (χ0v) is 21.8. The monoisotopic (exact) mass is 463 g/mol. The lowest BCUT2D eigenvalue weighted by Gasteiger charge is -2.34.